The van der Waals surface area contributed by atoms with Crippen molar-refractivity contribution in [1.29, 1.82) is 0 Å². The number of nitrogens with zero attached hydrogens (tertiary/aromatic N) is 2. The number of sulfone groups is 1. The summed E-state index contributed by atoms with van der Waals surface area (Å²) >= 11 is 6.14. The van der Waals surface area contributed by atoms with Gasteiger partial charge in [0.05, 0.1) is 23.6 Å². The second-order valence-electron chi connectivity index (χ2n) is 7.57. The van der Waals surface area contributed by atoms with Crippen molar-refractivity contribution in [1.82, 2.24) is 4.90 Å². The molecule has 0 bridgehead atoms. The number of urea groups is 1. The van der Waals surface area contributed by atoms with Crippen molar-refractivity contribution < 1.29 is 17.6 Å². The molecule has 0 N–H and O–H groups in total. The fourth-order valence-corrected chi connectivity index (χ4v) is 6.36. The van der Waals surface area contributed by atoms with Gasteiger partial charge in [-0.15, -0.1) is 0 Å². The lowest BCUT2D eigenvalue weighted by Gasteiger charge is -2.23. The Bertz CT molecular complexity index is 1050. The number of carbonyl (C=O) groups is 1. The Hall–Kier alpha value is -2.12. The monoisotopic (exact) mass is 422 g/mol. The molecular weight excluding hydrogens is 403 g/mol. The lowest BCUT2D eigenvalue weighted by Crippen LogP contribution is -2.37. The number of aryl methyl sites for hydroxylation is 2. The maximum Gasteiger partial charge on any atom is 0.325 e. The first-order chi connectivity index (χ1) is 13.1. The Morgan fingerprint density at radius 3 is 2.36 bits per heavy atom. The number of anilines is 1. The summed E-state index contributed by atoms with van der Waals surface area (Å²) in [6.07, 6.45) is 0. The van der Waals surface area contributed by atoms with Crippen LogP contribution >= 0.6 is 11.6 Å². The number of hydrogen-bond acceptors (Lipinski definition) is 3. The van der Waals surface area contributed by atoms with Gasteiger partial charge < -0.3 is 4.90 Å². The molecule has 28 heavy (non-hydrogen) atoms. The van der Waals surface area contributed by atoms with E-state index in [1.165, 1.54) is 18.2 Å². The van der Waals surface area contributed by atoms with Gasteiger partial charge in [0.25, 0.3) is 0 Å². The van der Waals surface area contributed by atoms with E-state index < -0.39 is 27.7 Å². The van der Waals surface area contributed by atoms with E-state index >= 15 is 0 Å². The number of fused-ring (bicyclic) bond motifs is 1. The molecule has 2 fully saturated rings. The van der Waals surface area contributed by atoms with Crippen LogP contribution in [0.5, 0.6) is 0 Å². The third kappa shape index (κ3) is 3.37. The smallest absolute Gasteiger partial charge is 0.314 e. The first-order valence-electron chi connectivity index (χ1n) is 8.97. The van der Waals surface area contributed by atoms with Crippen LogP contribution in [-0.2, 0) is 16.4 Å². The van der Waals surface area contributed by atoms with E-state index in [-0.39, 0.29) is 29.1 Å². The highest BCUT2D eigenvalue weighted by Gasteiger charge is 2.53. The van der Waals surface area contributed by atoms with Gasteiger partial charge in [0.2, 0.25) is 0 Å². The van der Waals surface area contributed by atoms with Gasteiger partial charge in [-0.3, -0.25) is 4.90 Å². The average Bonchev–Trinajstić information content (AvgIpc) is 2.99. The zero-order valence-electron chi connectivity index (χ0n) is 15.5. The predicted molar refractivity (Wildman–Crippen MR) is 107 cm³/mol. The molecule has 5 nitrogen and oxygen atoms in total. The van der Waals surface area contributed by atoms with Crippen LogP contribution in [0.25, 0.3) is 0 Å². The van der Waals surface area contributed by atoms with Crippen molar-refractivity contribution in [2.75, 3.05) is 16.4 Å². The molecule has 4 rings (SSSR count). The van der Waals surface area contributed by atoms with Gasteiger partial charge >= 0.3 is 6.03 Å². The Kier molecular flexibility index (Phi) is 4.62. The molecule has 2 aromatic carbocycles. The first-order valence-corrected chi connectivity index (χ1v) is 11.2. The molecule has 2 amide bonds. The molecule has 2 heterocycles. The Morgan fingerprint density at radius 1 is 1.07 bits per heavy atom. The second kappa shape index (κ2) is 6.74. The Balaban J connectivity index is 1.74. The topological polar surface area (TPSA) is 57.7 Å². The molecule has 148 valence electrons. The SMILES string of the molecule is Cc1cc(C)cc(N2C(=O)N(Cc3ccc(F)cc3Cl)[C@@H]3CS(=O)(=O)C[C@H]32)c1. The third-order valence-electron chi connectivity index (χ3n) is 5.32. The van der Waals surface area contributed by atoms with E-state index in [1.54, 1.807) is 9.80 Å². The van der Waals surface area contributed by atoms with Gasteiger partial charge in [0, 0.05) is 17.3 Å². The highest BCUT2D eigenvalue weighted by Crippen LogP contribution is 2.37. The van der Waals surface area contributed by atoms with Crippen molar-refractivity contribution in [3.05, 3.63) is 63.9 Å². The minimum Gasteiger partial charge on any atom is -0.314 e. The molecule has 2 aliphatic heterocycles. The molecule has 0 radical (unpaired) electrons. The normalized spacial score (nSPS) is 23.4. The van der Waals surface area contributed by atoms with Gasteiger partial charge in [-0.2, -0.15) is 0 Å². The quantitative estimate of drug-likeness (QED) is 0.708. The van der Waals surface area contributed by atoms with Gasteiger partial charge in [-0.1, -0.05) is 23.7 Å². The molecule has 2 atom stereocenters. The zero-order valence-corrected chi connectivity index (χ0v) is 17.1. The van der Waals surface area contributed by atoms with Crippen LogP contribution < -0.4 is 4.90 Å². The summed E-state index contributed by atoms with van der Waals surface area (Å²) in [7, 11) is -3.26. The number of halogens is 2. The summed E-state index contributed by atoms with van der Waals surface area (Å²) in [4.78, 5) is 16.4. The van der Waals surface area contributed by atoms with E-state index in [4.69, 9.17) is 11.6 Å². The first kappa shape index (κ1) is 19.2. The summed E-state index contributed by atoms with van der Waals surface area (Å²) in [6, 6.07) is 8.63. The van der Waals surface area contributed by atoms with Crippen molar-refractivity contribution in [3.63, 3.8) is 0 Å². The fraction of sp³-hybridized carbons (Fsp3) is 0.350. The third-order valence-corrected chi connectivity index (χ3v) is 7.37. The number of amides is 2. The molecule has 0 aromatic heterocycles. The van der Waals surface area contributed by atoms with Crippen LogP contribution in [0.1, 0.15) is 16.7 Å². The molecule has 2 saturated heterocycles. The summed E-state index contributed by atoms with van der Waals surface area (Å²) in [5.41, 5.74) is 3.28. The Morgan fingerprint density at radius 2 is 1.71 bits per heavy atom. The standard InChI is InChI=1S/C20H20ClFN2O3S/c1-12-5-13(2)7-16(6-12)24-19-11-28(26,27)10-18(19)23(20(24)25)9-14-3-4-15(22)8-17(14)21/h3-8,18-19H,9-11H2,1-2H3/t18-,19-/m1/s1. The minimum absolute atomic E-state index is 0.0654. The van der Waals surface area contributed by atoms with E-state index in [9.17, 15) is 17.6 Å². The summed E-state index contributed by atoms with van der Waals surface area (Å²) < 4.78 is 38.0. The fourth-order valence-electron chi connectivity index (χ4n) is 4.19. The Labute approximate surface area is 168 Å². The highest BCUT2D eigenvalue weighted by molar-refractivity contribution is 7.91. The highest BCUT2D eigenvalue weighted by atomic mass is 35.5. The van der Waals surface area contributed by atoms with Crippen LogP contribution in [0.3, 0.4) is 0 Å². The molecular formula is C20H20ClFN2O3S. The second-order valence-corrected chi connectivity index (χ2v) is 10.1. The van der Waals surface area contributed by atoms with Crippen LogP contribution in [-0.4, -0.2) is 42.9 Å². The molecule has 8 heteroatoms. The number of rotatable bonds is 3. The lowest BCUT2D eigenvalue weighted by atomic mass is 10.1. The molecule has 0 aliphatic carbocycles. The van der Waals surface area contributed by atoms with Crippen LogP contribution in [0, 0.1) is 19.7 Å². The van der Waals surface area contributed by atoms with E-state index in [2.05, 4.69) is 0 Å². The molecule has 0 saturated carbocycles. The molecule has 2 aromatic rings. The van der Waals surface area contributed by atoms with Crippen molar-refractivity contribution in [3.8, 4) is 0 Å². The van der Waals surface area contributed by atoms with E-state index in [0.29, 0.717) is 11.3 Å². The van der Waals surface area contributed by atoms with Crippen LogP contribution in [0.15, 0.2) is 36.4 Å². The largest absolute Gasteiger partial charge is 0.325 e. The molecule has 0 unspecified atom stereocenters. The maximum absolute atomic E-state index is 13.4. The number of carbonyl (C=O) groups excluding carboxylic acids is 1. The predicted octanol–water partition coefficient (Wildman–Crippen LogP) is 3.70. The molecule has 2 aliphatic rings. The van der Waals surface area contributed by atoms with Gasteiger partial charge in [-0.25, -0.2) is 17.6 Å². The lowest BCUT2D eigenvalue weighted by molar-refractivity contribution is 0.206. The van der Waals surface area contributed by atoms with Crippen molar-refractivity contribution >= 4 is 33.2 Å². The summed E-state index contributed by atoms with van der Waals surface area (Å²) in [5.74, 6) is -0.604. The van der Waals surface area contributed by atoms with Crippen molar-refractivity contribution in [2.45, 2.75) is 32.5 Å². The number of benzene rings is 2. The van der Waals surface area contributed by atoms with Crippen LogP contribution in [0.2, 0.25) is 5.02 Å². The maximum atomic E-state index is 13.4. The van der Waals surface area contributed by atoms with Crippen molar-refractivity contribution in [2.24, 2.45) is 0 Å². The average molecular weight is 423 g/mol. The minimum atomic E-state index is -3.26. The zero-order chi connectivity index (χ0) is 20.2. The number of hydrogen-bond donors (Lipinski definition) is 0. The summed E-state index contributed by atoms with van der Waals surface area (Å²) in [6.45, 7) is 4.02. The van der Waals surface area contributed by atoms with E-state index in [1.807, 2.05) is 32.0 Å². The van der Waals surface area contributed by atoms with Gasteiger partial charge in [0.1, 0.15) is 5.82 Å². The van der Waals surface area contributed by atoms with Crippen LogP contribution in [0.4, 0.5) is 14.9 Å². The van der Waals surface area contributed by atoms with E-state index in [0.717, 1.165) is 11.1 Å². The summed E-state index contributed by atoms with van der Waals surface area (Å²) in [5, 5.41) is 0.218. The van der Waals surface area contributed by atoms with Gasteiger partial charge in [0.15, 0.2) is 9.84 Å². The van der Waals surface area contributed by atoms with Gasteiger partial charge in [-0.05, 0) is 54.8 Å². The molecule has 0 spiro atoms.